The average molecular weight is 397 g/mol. The molecule has 7 heteroatoms. The number of amides is 2. The molecule has 3 aromatic rings. The van der Waals surface area contributed by atoms with Gasteiger partial charge in [0.1, 0.15) is 5.82 Å². The van der Waals surface area contributed by atoms with Gasteiger partial charge in [0.05, 0.1) is 11.1 Å². The molecule has 2 amide bonds. The van der Waals surface area contributed by atoms with Gasteiger partial charge in [-0.05, 0) is 42.5 Å². The molecule has 0 fully saturated rings. The second-order valence-electron chi connectivity index (χ2n) is 5.77. The molecule has 140 valence electrons. The van der Waals surface area contributed by atoms with E-state index < -0.39 is 17.6 Å². The molecule has 0 unspecified atom stereocenters. The standard InChI is InChI=1S/C21H14ClFN2O3/c22-14-11-9-13(10-12-14)19(26)15-5-1-2-6-16(15)20(27)24-25-21(28)17-7-3-4-8-18(17)23/h1-12H,(H,24,27)(H,25,28). The Balaban J connectivity index is 1.77. The van der Waals surface area contributed by atoms with Crippen molar-refractivity contribution in [3.8, 4) is 0 Å². The van der Waals surface area contributed by atoms with Gasteiger partial charge in [-0.25, -0.2) is 4.39 Å². The highest BCUT2D eigenvalue weighted by atomic mass is 35.5. The molecule has 0 aromatic heterocycles. The molecule has 0 atom stereocenters. The van der Waals surface area contributed by atoms with Gasteiger partial charge in [0.25, 0.3) is 11.8 Å². The fourth-order valence-corrected chi connectivity index (χ4v) is 2.66. The summed E-state index contributed by atoms with van der Waals surface area (Å²) >= 11 is 5.83. The minimum atomic E-state index is -0.812. The molecule has 28 heavy (non-hydrogen) atoms. The maximum absolute atomic E-state index is 13.6. The van der Waals surface area contributed by atoms with Gasteiger partial charge in [0, 0.05) is 16.1 Å². The van der Waals surface area contributed by atoms with E-state index in [-0.39, 0.29) is 22.5 Å². The van der Waals surface area contributed by atoms with Gasteiger partial charge in [0.2, 0.25) is 0 Å². The third-order valence-electron chi connectivity index (χ3n) is 3.93. The van der Waals surface area contributed by atoms with Gasteiger partial charge < -0.3 is 0 Å². The van der Waals surface area contributed by atoms with Crippen LogP contribution in [0.5, 0.6) is 0 Å². The summed E-state index contributed by atoms with van der Waals surface area (Å²) in [5.74, 6) is -2.61. The van der Waals surface area contributed by atoms with Gasteiger partial charge in [-0.1, -0.05) is 41.9 Å². The first kappa shape index (κ1) is 19.3. The van der Waals surface area contributed by atoms with Crippen LogP contribution >= 0.6 is 11.6 Å². The summed E-state index contributed by atoms with van der Waals surface area (Å²) in [4.78, 5) is 37.2. The van der Waals surface area contributed by atoms with Crippen molar-refractivity contribution < 1.29 is 18.8 Å². The molecule has 2 N–H and O–H groups in total. The molecule has 0 aliphatic heterocycles. The van der Waals surface area contributed by atoms with Crippen molar-refractivity contribution in [2.75, 3.05) is 0 Å². The quantitative estimate of drug-likeness (QED) is 0.520. The van der Waals surface area contributed by atoms with E-state index in [0.717, 1.165) is 6.07 Å². The van der Waals surface area contributed by atoms with E-state index in [1.54, 1.807) is 36.4 Å². The van der Waals surface area contributed by atoms with Gasteiger partial charge >= 0.3 is 0 Å². The number of carbonyl (C=O) groups is 3. The van der Waals surface area contributed by atoms with Crippen LogP contribution in [0.2, 0.25) is 5.02 Å². The van der Waals surface area contributed by atoms with Crippen molar-refractivity contribution in [1.29, 1.82) is 0 Å². The minimum absolute atomic E-state index is 0.0660. The van der Waals surface area contributed by atoms with Gasteiger partial charge in [-0.3, -0.25) is 25.2 Å². The zero-order valence-corrected chi connectivity index (χ0v) is 15.2. The largest absolute Gasteiger partial charge is 0.289 e. The second-order valence-corrected chi connectivity index (χ2v) is 6.21. The van der Waals surface area contributed by atoms with E-state index in [9.17, 15) is 18.8 Å². The van der Waals surface area contributed by atoms with Crippen LogP contribution < -0.4 is 10.9 Å². The van der Waals surface area contributed by atoms with Crippen LogP contribution in [0.1, 0.15) is 36.6 Å². The van der Waals surface area contributed by atoms with Crippen LogP contribution in [-0.4, -0.2) is 17.6 Å². The Hall–Kier alpha value is -3.51. The van der Waals surface area contributed by atoms with Crippen LogP contribution in [0, 0.1) is 5.82 Å². The first-order valence-electron chi connectivity index (χ1n) is 8.22. The van der Waals surface area contributed by atoms with Gasteiger partial charge in [0.15, 0.2) is 5.78 Å². The minimum Gasteiger partial charge on any atom is -0.289 e. The third kappa shape index (κ3) is 4.24. The molecule has 0 aliphatic carbocycles. The predicted molar refractivity (Wildman–Crippen MR) is 103 cm³/mol. The number of carbonyl (C=O) groups excluding carboxylic acids is 3. The lowest BCUT2D eigenvalue weighted by atomic mass is 9.98. The van der Waals surface area contributed by atoms with Gasteiger partial charge in [-0.15, -0.1) is 0 Å². The SMILES string of the molecule is O=C(NNC(=O)c1ccccc1C(=O)c1ccc(Cl)cc1)c1ccccc1F. The Morgan fingerprint density at radius 1 is 0.679 bits per heavy atom. The number of ketones is 1. The van der Waals surface area contributed by atoms with Crippen molar-refractivity contribution in [2.45, 2.75) is 0 Å². The van der Waals surface area contributed by atoms with Crippen LogP contribution in [0.3, 0.4) is 0 Å². The summed E-state index contributed by atoms with van der Waals surface area (Å²) in [6, 6.07) is 17.8. The van der Waals surface area contributed by atoms with E-state index in [1.807, 2.05) is 0 Å². The molecule has 0 saturated heterocycles. The molecule has 0 heterocycles. The lowest BCUT2D eigenvalue weighted by molar-refractivity contribution is 0.0842. The average Bonchev–Trinajstić information content (AvgIpc) is 2.72. The Morgan fingerprint density at radius 3 is 1.79 bits per heavy atom. The van der Waals surface area contributed by atoms with E-state index in [4.69, 9.17) is 11.6 Å². The molecule has 0 aliphatic rings. The number of benzene rings is 3. The van der Waals surface area contributed by atoms with Crippen molar-refractivity contribution in [2.24, 2.45) is 0 Å². The lowest BCUT2D eigenvalue weighted by Gasteiger charge is -2.11. The van der Waals surface area contributed by atoms with Crippen LogP contribution in [0.4, 0.5) is 4.39 Å². The fourth-order valence-electron chi connectivity index (χ4n) is 2.53. The molecule has 5 nitrogen and oxygen atoms in total. The smallest absolute Gasteiger partial charge is 0.272 e. The molecular weight excluding hydrogens is 383 g/mol. The lowest BCUT2D eigenvalue weighted by Crippen LogP contribution is -2.42. The van der Waals surface area contributed by atoms with Gasteiger partial charge in [-0.2, -0.15) is 0 Å². The predicted octanol–water partition coefficient (Wildman–Crippen LogP) is 3.78. The maximum Gasteiger partial charge on any atom is 0.272 e. The van der Waals surface area contributed by atoms with E-state index in [0.29, 0.717) is 10.6 Å². The Kier molecular flexibility index (Phi) is 5.81. The van der Waals surface area contributed by atoms with Crippen molar-refractivity contribution in [1.82, 2.24) is 10.9 Å². The van der Waals surface area contributed by atoms with Crippen LogP contribution in [-0.2, 0) is 0 Å². The van der Waals surface area contributed by atoms with E-state index in [2.05, 4.69) is 10.9 Å². The fraction of sp³-hybridized carbons (Fsp3) is 0. The summed E-state index contributed by atoms with van der Waals surface area (Å²) < 4.78 is 13.6. The molecule has 3 aromatic carbocycles. The van der Waals surface area contributed by atoms with Crippen LogP contribution in [0.15, 0.2) is 72.8 Å². The number of hydrogen-bond acceptors (Lipinski definition) is 3. The highest BCUT2D eigenvalue weighted by Gasteiger charge is 2.19. The Labute approximate surface area is 165 Å². The first-order valence-corrected chi connectivity index (χ1v) is 8.59. The summed E-state index contributed by atoms with van der Waals surface area (Å²) in [7, 11) is 0. The zero-order valence-electron chi connectivity index (χ0n) is 14.4. The van der Waals surface area contributed by atoms with Crippen molar-refractivity contribution in [3.63, 3.8) is 0 Å². The molecular formula is C21H14ClFN2O3. The molecule has 0 saturated carbocycles. The molecule has 0 bridgehead atoms. The molecule has 0 spiro atoms. The summed E-state index contributed by atoms with van der Waals surface area (Å²) in [5, 5.41) is 0.485. The van der Waals surface area contributed by atoms with Crippen LogP contribution in [0.25, 0.3) is 0 Å². The van der Waals surface area contributed by atoms with E-state index >= 15 is 0 Å². The third-order valence-corrected chi connectivity index (χ3v) is 4.18. The second kappa shape index (κ2) is 8.45. The number of halogens is 2. The number of nitrogens with one attached hydrogen (secondary N) is 2. The highest BCUT2D eigenvalue weighted by molar-refractivity contribution is 6.30. The maximum atomic E-state index is 13.6. The Morgan fingerprint density at radius 2 is 1.18 bits per heavy atom. The molecule has 3 rings (SSSR count). The number of hydrogen-bond donors (Lipinski definition) is 2. The monoisotopic (exact) mass is 396 g/mol. The first-order chi connectivity index (χ1) is 13.5. The number of rotatable bonds is 4. The normalized spacial score (nSPS) is 10.2. The Bertz CT molecular complexity index is 1050. The van der Waals surface area contributed by atoms with Crippen molar-refractivity contribution >= 4 is 29.2 Å². The topological polar surface area (TPSA) is 75.3 Å². The number of hydrazine groups is 1. The molecule has 0 radical (unpaired) electrons. The summed E-state index contributed by atoms with van der Waals surface area (Å²) in [6.07, 6.45) is 0. The highest BCUT2D eigenvalue weighted by Crippen LogP contribution is 2.17. The summed E-state index contributed by atoms with van der Waals surface area (Å²) in [6.45, 7) is 0. The summed E-state index contributed by atoms with van der Waals surface area (Å²) in [5.41, 5.74) is 4.71. The zero-order chi connectivity index (χ0) is 20.1. The van der Waals surface area contributed by atoms with E-state index in [1.165, 1.54) is 30.3 Å². The van der Waals surface area contributed by atoms with Crippen molar-refractivity contribution in [3.05, 3.63) is 106 Å².